The molecule has 1 aliphatic heterocycles. The van der Waals surface area contributed by atoms with Crippen LogP contribution < -0.4 is 19.9 Å². The first kappa shape index (κ1) is 20.2. The van der Waals surface area contributed by atoms with Crippen molar-refractivity contribution >= 4 is 5.82 Å². The van der Waals surface area contributed by atoms with E-state index in [0.717, 1.165) is 42.9 Å². The van der Waals surface area contributed by atoms with Crippen LogP contribution in [0.3, 0.4) is 0 Å². The Kier molecular flexibility index (Phi) is 5.59. The minimum atomic E-state index is -0.106. The van der Waals surface area contributed by atoms with Crippen LogP contribution in [-0.4, -0.2) is 29.7 Å². The molecule has 0 bridgehead atoms. The molecule has 6 heteroatoms. The van der Waals surface area contributed by atoms with Crippen molar-refractivity contribution in [1.29, 1.82) is 0 Å². The maximum Gasteiger partial charge on any atom is 0.306 e. The molecule has 1 atom stereocenters. The molecule has 4 N–H and O–H groups in total. The van der Waals surface area contributed by atoms with Crippen LogP contribution in [0.1, 0.15) is 42.0 Å². The van der Waals surface area contributed by atoms with E-state index in [4.69, 9.17) is 10.5 Å². The zero-order chi connectivity index (χ0) is 21.3. The van der Waals surface area contributed by atoms with Gasteiger partial charge in [0.1, 0.15) is 30.2 Å². The number of nitrogen functional groups attached to an aromatic ring is 1. The molecular formula is C24H30N4O2+2. The molecule has 0 unspecified atom stereocenters. The Morgan fingerprint density at radius 3 is 2.57 bits per heavy atom. The highest BCUT2D eigenvalue weighted by Crippen LogP contribution is 2.48. The van der Waals surface area contributed by atoms with Crippen LogP contribution in [0.25, 0.3) is 0 Å². The third-order valence-electron chi connectivity index (χ3n) is 6.05. The Hall–Kier alpha value is -3.12. The quantitative estimate of drug-likeness (QED) is 0.429. The van der Waals surface area contributed by atoms with E-state index in [9.17, 15) is 5.11 Å². The summed E-state index contributed by atoms with van der Waals surface area (Å²) in [7, 11) is 0. The van der Waals surface area contributed by atoms with E-state index in [-0.39, 0.29) is 11.7 Å². The average molecular weight is 407 g/mol. The lowest BCUT2D eigenvalue weighted by Gasteiger charge is -2.27. The van der Waals surface area contributed by atoms with Crippen LogP contribution in [0.4, 0.5) is 5.82 Å². The summed E-state index contributed by atoms with van der Waals surface area (Å²) < 4.78 is 8.10. The molecule has 2 heterocycles. The fourth-order valence-electron chi connectivity index (χ4n) is 4.15. The summed E-state index contributed by atoms with van der Waals surface area (Å²) in [5.41, 5.74) is 10.9. The van der Waals surface area contributed by atoms with Crippen molar-refractivity contribution in [3.05, 3.63) is 71.0 Å². The highest BCUT2D eigenvalue weighted by Gasteiger charge is 2.36. The van der Waals surface area contributed by atoms with Crippen LogP contribution in [0.2, 0.25) is 0 Å². The van der Waals surface area contributed by atoms with Gasteiger partial charge in [-0.1, -0.05) is 40.9 Å². The molecule has 0 amide bonds. The first-order valence-corrected chi connectivity index (χ1v) is 10.6. The van der Waals surface area contributed by atoms with Crippen molar-refractivity contribution < 1.29 is 19.3 Å². The normalized spacial score (nSPS) is 14.9. The third-order valence-corrected chi connectivity index (χ3v) is 6.05. The van der Waals surface area contributed by atoms with E-state index in [1.54, 1.807) is 18.5 Å². The van der Waals surface area contributed by atoms with Gasteiger partial charge in [0.05, 0.1) is 19.0 Å². The summed E-state index contributed by atoms with van der Waals surface area (Å²) in [4.78, 5) is 6.12. The molecular weight excluding hydrogens is 376 g/mol. The van der Waals surface area contributed by atoms with Gasteiger partial charge in [0.15, 0.2) is 0 Å². The van der Waals surface area contributed by atoms with E-state index >= 15 is 0 Å². The summed E-state index contributed by atoms with van der Waals surface area (Å²) >= 11 is 0. The predicted octanol–water partition coefficient (Wildman–Crippen LogP) is 2.18. The number of anilines is 1. The van der Waals surface area contributed by atoms with Crippen LogP contribution >= 0.6 is 0 Å². The van der Waals surface area contributed by atoms with Gasteiger partial charge in [-0.2, -0.15) is 0 Å². The molecule has 156 valence electrons. The van der Waals surface area contributed by atoms with Crippen LogP contribution in [0, 0.1) is 6.92 Å². The van der Waals surface area contributed by atoms with Crippen molar-refractivity contribution in [1.82, 2.24) is 4.98 Å². The number of aryl methyl sites for hydroxylation is 1. The number of nitrogens with two attached hydrogens (primary N) is 1. The first-order valence-electron chi connectivity index (χ1n) is 10.6. The van der Waals surface area contributed by atoms with Gasteiger partial charge < -0.3 is 20.5 Å². The Labute approximate surface area is 177 Å². The molecule has 3 aromatic rings. The van der Waals surface area contributed by atoms with Crippen LogP contribution in [0.15, 0.2) is 48.8 Å². The van der Waals surface area contributed by atoms with Crippen LogP contribution in [-0.2, 0) is 6.54 Å². The smallest absolute Gasteiger partial charge is 0.306 e. The van der Waals surface area contributed by atoms with Gasteiger partial charge in [0.2, 0.25) is 12.1 Å². The number of nitrogens with zero attached hydrogens (tertiary/aromatic N) is 2. The van der Waals surface area contributed by atoms with E-state index in [1.165, 1.54) is 10.5 Å². The fourth-order valence-corrected chi connectivity index (χ4v) is 4.15. The fraction of sp³-hybridized carbons (Fsp3) is 0.333. The van der Waals surface area contributed by atoms with Crippen LogP contribution in [0.5, 0.6) is 17.4 Å². The molecule has 0 saturated heterocycles. The number of likely N-dealkylation sites (N-methyl/N-ethyl adjacent to an activating group) is 1. The lowest BCUT2D eigenvalue weighted by atomic mass is 9.83. The molecule has 0 aliphatic carbocycles. The molecule has 2 aromatic carbocycles. The molecule has 1 aromatic heterocycles. The van der Waals surface area contributed by atoms with E-state index < -0.39 is 0 Å². The lowest BCUT2D eigenvalue weighted by molar-refractivity contribution is -0.915. The summed E-state index contributed by atoms with van der Waals surface area (Å²) in [6, 6.07) is 13.7. The second kappa shape index (κ2) is 8.32. The van der Waals surface area contributed by atoms with Gasteiger partial charge in [0, 0.05) is 11.6 Å². The number of hydrogen-bond acceptors (Lipinski definition) is 4. The Morgan fingerprint density at radius 2 is 1.87 bits per heavy atom. The molecule has 30 heavy (non-hydrogen) atoms. The molecule has 4 rings (SSSR count). The minimum Gasteiger partial charge on any atom is -0.508 e. The lowest BCUT2D eigenvalue weighted by Crippen LogP contribution is -3.12. The van der Waals surface area contributed by atoms with Crippen molar-refractivity contribution in [3.8, 4) is 17.4 Å². The van der Waals surface area contributed by atoms with Gasteiger partial charge in [-0.15, -0.1) is 0 Å². The number of rotatable bonds is 6. The largest absolute Gasteiger partial charge is 0.508 e. The SMILES string of the molecule is CC[NH+](CC)CC[n+]1cnc2c(c1N)[C@H](c1ccc(C)cc1)c1ccc(O)cc1O2. The second-order valence-electron chi connectivity index (χ2n) is 7.92. The van der Waals surface area contributed by atoms with E-state index in [1.807, 2.05) is 10.6 Å². The van der Waals surface area contributed by atoms with Crippen molar-refractivity contribution in [2.45, 2.75) is 33.2 Å². The highest BCUT2D eigenvalue weighted by atomic mass is 16.5. The number of phenols is 1. The third kappa shape index (κ3) is 3.71. The zero-order valence-electron chi connectivity index (χ0n) is 17.9. The number of benzene rings is 2. The van der Waals surface area contributed by atoms with Gasteiger partial charge in [-0.05, 0) is 32.4 Å². The predicted molar refractivity (Wildman–Crippen MR) is 116 cm³/mol. The minimum absolute atomic E-state index is 0.106. The number of aromatic nitrogens is 2. The summed E-state index contributed by atoms with van der Waals surface area (Å²) in [6.45, 7) is 10.4. The van der Waals surface area contributed by atoms with Crippen molar-refractivity contribution in [2.75, 3.05) is 25.4 Å². The van der Waals surface area contributed by atoms with Gasteiger partial charge in [0.25, 0.3) is 0 Å². The standard InChI is InChI=1S/C24H28N4O2/c1-4-27(5-2)12-13-28-15-26-24-22(23(28)25)21(17-8-6-16(3)7-9-17)19-11-10-18(29)14-20(19)30-24/h6-11,14-15,21,25,29H,4-5,12-13H2,1-3H3/p+2/t21-/m1/s1. The summed E-state index contributed by atoms with van der Waals surface area (Å²) in [6.07, 6.45) is 1.76. The molecule has 0 saturated carbocycles. The number of fused-ring (bicyclic) bond motifs is 2. The number of ether oxygens (including phenoxy) is 1. The Morgan fingerprint density at radius 1 is 1.13 bits per heavy atom. The molecule has 6 nitrogen and oxygen atoms in total. The number of phenolic OH excluding ortho intramolecular Hbond substituents is 1. The molecule has 1 aliphatic rings. The Balaban J connectivity index is 1.81. The van der Waals surface area contributed by atoms with Crippen molar-refractivity contribution in [3.63, 3.8) is 0 Å². The summed E-state index contributed by atoms with van der Waals surface area (Å²) in [5, 5.41) is 9.97. The summed E-state index contributed by atoms with van der Waals surface area (Å²) in [5.74, 6) is 1.86. The van der Waals surface area contributed by atoms with Gasteiger partial charge in [-0.25, -0.2) is 4.57 Å². The zero-order valence-corrected chi connectivity index (χ0v) is 17.9. The van der Waals surface area contributed by atoms with E-state index in [0.29, 0.717) is 17.4 Å². The average Bonchev–Trinajstić information content (AvgIpc) is 2.75. The van der Waals surface area contributed by atoms with Gasteiger partial charge in [-0.3, -0.25) is 0 Å². The highest BCUT2D eigenvalue weighted by molar-refractivity contribution is 5.62. The second-order valence-corrected chi connectivity index (χ2v) is 7.92. The van der Waals surface area contributed by atoms with E-state index in [2.05, 4.69) is 50.0 Å². The van der Waals surface area contributed by atoms with Gasteiger partial charge >= 0.3 is 5.88 Å². The number of hydrogen-bond donors (Lipinski definition) is 3. The number of aromatic hydroxyl groups is 1. The monoisotopic (exact) mass is 406 g/mol. The topological polar surface area (TPSA) is 76.7 Å². The molecule has 0 fully saturated rings. The number of nitrogens with one attached hydrogen (secondary N) is 1. The maximum absolute atomic E-state index is 9.97. The Bertz CT molecular complexity index is 1050. The molecule has 0 spiro atoms. The maximum atomic E-state index is 9.97. The molecule has 0 radical (unpaired) electrons. The first-order chi connectivity index (χ1) is 14.5. The number of quaternary nitrogens is 1. The van der Waals surface area contributed by atoms with Crippen molar-refractivity contribution in [2.24, 2.45) is 0 Å².